The first kappa shape index (κ1) is 8.71. The summed E-state index contributed by atoms with van der Waals surface area (Å²) in [5.74, 6) is 0.883. The summed E-state index contributed by atoms with van der Waals surface area (Å²) in [6.07, 6.45) is 3.16. The Labute approximate surface area is 72.3 Å². The van der Waals surface area contributed by atoms with Crippen molar-refractivity contribution >= 4 is 11.9 Å². The number of nitrogen functional groups attached to an aromatic ring is 1. The zero-order valence-corrected chi connectivity index (χ0v) is 7.41. The van der Waals surface area contributed by atoms with Crippen LogP contribution in [0.2, 0.25) is 0 Å². The first-order chi connectivity index (χ1) is 5.66. The minimum Gasteiger partial charge on any atom is -0.383 e. The molecule has 0 aliphatic carbocycles. The predicted molar refractivity (Wildman–Crippen MR) is 50.6 cm³/mol. The van der Waals surface area contributed by atoms with Gasteiger partial charge >= 0.3 is 0 Å². The maximum Gasteiger partial charge on any atom is 0.130 e. The van der Waals surface area contributed by atoms with Crippen molar-refractivity contribution in [1.82, 2.24) is 9.97 Å². The third-order valence-electron chi connectivity index (χ3n) is 1.72. The highest BCUT2D eigenvalue weighted by Crippen LogP contribution is 2.22. The third-order valence-corrected chi connectivity index (χ3v) is 1.72. The van der Waals surface area contributed by atoms with E-state index in [4.69, 9.17) is 5.73 Å². The molecule has 2 N–H and O–H groups in total. The SMILES string of the molecule is C=Cc1ncnc(N)c1C(C)C. The third kappa shape index (κ3) is 1.44. The molecule has 12 heavy (non-hydrogen) atoms. The molecule has 0 radical (unpaired) electrons. The largest absolute Gasteiger partial charge is 0.383 e. The molecule has 0 atom stereocenters. The molecule has 0 spiro atoms. The van der Waals surface area contributed by atoms with Crippen molar-refractivity contribution in [3.8, 4) is 0 Å². The number of hydrogen-bond acceptors (Lipinski definition) is 3. The summed E-state index contributed by atoms with van der Waals surface area (Å²) in [7, 11) is 0. The Bertz CT molecular complexity index is 292. The van der Waals surface area contributed by atoms with Gasteiger partial charge in [-0.1, -0.05) is 20.4 Å². The molecule has 0 saturated carbocycles. The summed E-state index contributed by atoms with van der Waals surface area (Å²) in [5, 5.41) is 0. The molecule has 1 aromatic rings. The van der Waals surface area contributed by atoms with E-state index in [9.17, 15) is 0 Å². The van der Waals surface area contributed by atoms with Crippen molar-refractivity contribution in [2.45, 2.75) is 19.8 Å². The van der Waals surface area contributed by atoms with Gasteiger partial charge in [-0.15, -0.1) is 0 Å². The zero-order chi connectivity index (χ0) is 9.14. The molecule has 0 aliphatic rings. The van der Waals surface area contributed by atoms with Gasteiger partial charge in [0.1, 0.15) is 12.1 Å². The van der Waals surface area contributed by atoms with Gasteiger partial charge in [-0.2, -0.15) is 0 Å². The van der Waals surface area contributed by atoms with Crippen molar-refractivity contribution in [1.29, 1.82) is 0 Å². The lowest BCUT2D eigenvalue weighted by Gasteiger charge is -2.10. The molecule has 0 bridgehead atoms. The molecule has 0 saturated heterocycles. The highest BCUT2D eigenvalue weighted by atomic mass is 14.9. The second-order valence-electron chi connectivity index (χ2n) is 2.92. The molecule has 3 heteroatoms. The average Bonchev–Trinajstić information content (AvgIpc) is 2.03. The van der Waals surface area contributed by atoms with Crippen molar-refractivity contribution in [3.05, 3.63) is 24.2 Å². The standard InChI is InChI=1S/C9H13N3/c1-4-7-8(6(2)3)9(10)12-5-11-7/h4-6H,1H2,2-3H3,(H2,10,11,12). The van der Waals surface area contributed by atoms with E-state index in [0.29, 0.717) is 11.7 Å². The molecule has 64 valence electrons. The van der Waals surface area contributed by atoms with Crippen molar-refractivity contribution in [3.63, 3.8) is 0 Å². The first-order valence-electron chi connectivity index (χ1n) is 3.89. The number of aromatic nitrogens is 2. The van der Waals surface area contributed by atoms with Gasteiger partial charge in [-0.3, -0.25) is 0 Å². The highest BCUT2D eigenvalue weighted by Gasteiger charge is 2.09. The Morgan fingerprint density at radius 1 is 1.50 bits per heavy atom. The monoisotopic (exact) mass is 163 g/mol. The Balaban J connectivity index is 3.29. The van der Waals surface area contributed by atoms with E-state index in [1.807, 2.05) is 0 Å². The smallest absolute Gasteiger partial charge is 0.130 e. The van der Waals surface area contributed by atoms with E-state index in [2.05, 4.69) is 30.4 Å². The number of rotatable bonds is 2. The van der Waals surface area contributed by atoms with Gasteiger partial charge in [-0.05, 0) is 12.0 Å². The lowest BCUT2D eigenvalue weighted by molar-refractivity contribution is 0.846. The first-order valence-corrected chi connectivity index (χ1v) is 3.89. The maximum atomic E-state index is 5.70. The molecule has 0 aromatic carbocycles. The second-order valence-corrected chi connectivity index (χ2v) is 2.92. The van der Waals surface area contributed by atoms with Gasteiger partial charge in [0.15, 0.2) is 0 Å². The van der Waals surface area contributed by atoms with E-state index in [0.717, 1.165) is 11.3 Å². The Morgan fingerprint density at radius 2 is 2.17 bits per heavy atom. The number of anilines is 1. The molecular formula is C9H13N3. The van der Waals surface area contributed by atoms with Crippen molar-refractivity contribution < 1.29 is 0 Å². The van der Waals surface area contributed by atoms with Crippen LogP contribution in [-0.4, -0.2) is 9.97 Å². The molecule has 3 nitrogen and oxygen atoms in total. The maximum absolute atomic E-state index is 5.70. The van der Waals surface area contributed by atoms with Crippen LogP contribution in [0.5, 0.6) is 0 Å². The number of nitrogens with zero attached hydrogens (tertiary/aromatic N) is 2. The van der Waals surface area contributed by atoms with Crippen LogP contribution in [-0.2, 0) is 0 Å². The lowest BCUT2D eigenvalue weighted by atomic mass is 10.0. The van der Waals surface area contributed by atoms with E-state index in [1.165, 1.54) is 6.33 Å². The summed E-state index contributed by atoms with van der Waals surface area (Å²) in [4.78, 5) is 8.00. The molecule has 0 amide bonds. The lowest BCUT2D eigenvalue weighted by Crippen LogP contribution is -2.03. The second kappa shape index (κ2) is 3.34. The van der Waals surface area contributed by atoms with Crippen LogP contribution in [0.1, 0.15) is 31.0 Å². The zero-order valence-electron chi connectivity index (χ0n) is 7.41. The highest BCUT2D eigenvalue weighted by molar-refractivity contribution is 5.55. The fourth-order valence-electron chi connectivity index (χ4n) is 1.18. The summed E-state index contributed by atoms with van der Waals surface area (Å²) >= 11 is 0. The van der Waals surface area contributed by atoms with Crippen molar-refractivity contribution in [2.75, 3.05) is 5.73 Å². The van der Waals surface area contributed by atoms with Crippen LogP contribution >= 0.6 is 0 Å². The van der Waals surface area contributed by atoms with E-state index < -0.39 is 0 Å². The topological polar surface area (TPSA) is 51.8 Å². The van der Waals surface area contributed by atoms with Crippen LogP contribution in [0.3, 0.4) is 0 Å². The number of nitrogens with two attached hydrogens (primary N) is 1. The molecule has 1 rings (SSSR count). The van der Waals surface area contributed by atoms with Crippen molar-refractivity contribution in [2.24, 2.45) is 0 Å². The quantitative estimate of drug-likeness (QED) is 0.723. The summed E-state index contributed by atoms with van der Waals surface area (Å²) < 4.78 is 0. The molecule has 0 aliphatic heterocycles. The fraction of sp³-hybridized carbons (Fsp3) is 0.333. The minimum absolute atomic E-state index is 0.333. The number of hydrogen-bond donors (Lipinski definition) is 1. The van der Waals surface area contributed by atoms with E-state index in [1.54, 1.807) is 6.08 Å². The predicted octanol–water partition coefficient (Wildman–Crippen LogP) is 1.83. The van der Waals surface area contributed by atoms with Gasteiger partial charge in [0.05, 0.1) is 5.69 Å². The molecular weight excluding hydrogens is 150 g/mol. The molecule has 0 unspecified atom stereocenters. The van der Waals surface area contributed by atoms with Gasteiger partial charge in [0, 0.05) is 5.56 Å². The van der Waals surface area contributed by atoms with Crippen LogP contribution < -0.4 is 5.73 Å². The molecule has 0 fully saturated rings. The van der Waals surface area contributed by atoms with E-state index in [-0.39, 0.29) is 0 Å². The van der Waals surface area contributed by atoms with E-state index >= 15 is 0 Å². The fourth-order valence-corrected chi connectivity index (χ4v) is 1.18. The van der Waals surface area contributed by atoms with Crippen LogP contribution in [0.15, 0.2) is 12.9 Å². The van der Waals surface area contributed by atoms with Crippen LogP contribution in [0.25, 0.3) is 6.08 Å². The normalized spacial score (nSPS) is 10.2. The van der Waals surface area contributed by atoms with Crippen LogP contribution in [0.4, 0.5) is 5.82 Å². The Hall–Kier alpha value is -1.38. The van der Waals surface area contributed by atoms with Crippen LogP contribution in [0, 0.1) is 0 Å². The summed E-state index contributed by atoms with van der Waals surface area (Å²) in [5.41, 5.74) is 7.51. The van der Waals surface area contributed by atoms with Gasteiger partial charge in [0.2, 0.25) is 0 Å². The van der Waals surface area contributed by atoms with Gasteiger partial charge in [0.25, 0.3) is 0 Å². The Kier molecular flexibility index (Phi) is 2.43. The average molecular weight is 163 g/mol. The summed E-state index contributed by atoms with van der Waals surface area (Å²) in [6, 6.07) is 0. The Morgan fingerprint density at radius 3 is 2.58 bits per heavy atom. The van der Waals surface area contributed by atoms with Gasteiger partial charge < -0.3 is 5.73 Å². The molecule has 1 aromatic heterocycles. The summed E-state index contributed by atoms with van der Waals surface area (Å²) in [6.45, 7) is 7.78. The minimum atomic E-state index is 0.333. The molecule has 1 heterocycles. The van der Waals surface area contributed by atoms with Gasteiger partial charge in [-0.25, -0.2) is 9.97 Å².